The van der Waals surface area contributed by atoms with Crippen LogP contribution in [0.4, 0.5) is 11.4 Å². The summed E-state index contributed by atoms with van der Waals surface area (Å²) in [5.41, 5.74) is -0.340. The molecule has 0 aliphatic heterocycles. The summed E-state index contributed by atoms with van der Waals surface area (Å²) in [5.74, 6) is -0.235. The van der Waals surface area contributed by atoms with Gasteiger partial charge in [-0.1, -0.05) is 0 Å². The molecule has 9 nitrogen and oxygen atoms in total. The van der Waals surface area contributed by atoms with Crippen molar-refractivity contribution in [2.75, 3.05) is 10.0 Å². The van der Waals surface area contributed by atoms with E-state index in [1.807, 2.05) is 0 Å². The highest BCUT2D eigenvalue weighted by molar-refractivity contribution is 7.92. The summed E-state index contributed by atoms with van der Waals surface area (Å²) in [6.07, 6.45) is 0. The fourth-order valence-corrected chi connectivity index (χ4v) is 3.38. The van der Waals surface area contributed by atoms with Crippen LogP contribution < -0.4 is 21.2 Å². The molecule has 0 spiro atoms. The van der Waals surface area contributed by atoms with Crippen molar-refractivity contribution in [1.29, 1.82) is 0 Å². The molecule has 3 rings (SSSR count). The largest absolute Gasteiger partial charge is 0.326 e. The number of sulfonamides is 1. The fourth-order valence-electron chi connectivity index (χ4n) is 2.30. The molecule has 0 aliphatic rings. The van der Waals surface area contributed by atoms with Gasteiger partial charge in [-0.3, -0.25) is 19.1 Å². The summed E-state index contributed by atoms with van der Waals surface area (Å²) < 4.78 is 27.4. The molecule has 10 heteroatoms. The van der Waals surface area contributed by atoms with Gasteiger partial charge in [0.05, 0.1) is 15.9 Å². The van der Waals surface area contributed by atoms with Gasteiger partial charge < -0.3 is 15.3 Å². The molecule has 0 aliphatic carbocycles. The van der Waals surface area contributed by atoms with E-state index in [2.05, 4.69) is 20.0 Å². The molecular formula is C16H14N4O5S. The number of aromatic nitrogens is 2. The standard InChI is InChI=1S/C16H14N4O5S/c1-9(21)17-10-2-4-11(5-3-10)20-26(24,25)12-6-7-13-14(8-12)19-16(23)15(22)18-13/h2-8,20H,1H3,(H,17,21)(H,18,22)(H,19,23). The van der Waals surface area contributed by atoms with Crippen LogP contribution in [-0.4, -0.2) is 24.3 Å². The van der Waals surface area contributed by atoms with E-state index in [0.29, 0.717) is 16.9 Å². The van der Waals surface area contributed by atoms with Crippen molar-refractivity contribution in [2.24, 2.45) is 0 Å². The Morgan fingerprint density at radius 3 is 2.08 bits per heavy atom. The summed E-state index contributed by atoms with van der Waals surface area (Å²) in [7, 11) is -3.92. The highest BCUT2D eigenvalue weighted by Crippen LogP contribution is 2.20. The van der Waals surface area contributed by atoms with Gasteiger partial charge in [0, 0.05) is 18.3 Å². The van der Waals surface area contributed by atoms with Crippen LogP contribution in [0.2, 0.25) is 0 Å². The first kappa shape index (κ1) is 17.4. The molecule has 2 aromatic carbocycles. The lowest BCUT2D eigenvalue weighted by atomic mass is 10.3. The molecule has 1 heterocycles. The van der Waals surface area contributed by atoms with E-state index in [1.54, 1.807) is 12.1 Å². The van der Waals surface area contributed by atoms with Crippen LogP contribution in [-0.2, 0) is 14.8 Å². The number of carbonyl (C=O) groups is 1. The molecule has 3 aromatic rings. The summed E-state index contributed by atoms with van der Waals surface area (Å²) in [4.78, 5) is 38.3. The van der Waals surface area contributed by atoms with Crippen molar-refractivity contribution < 1.29 is 13.2 Å². The van der Waals surface area contributed by atoms with Gasteiger partial charge in [-0.05, 0) is 42.5 Å². The molecule has 0 atom stereocenters. The van der Waals surface area contributed by atoms with Gasteiger partial charge >= 0.3 is 11.1 Å². The number of hydrogen-bond acceptors (Lipinski definition) is 5. The van der Waals surface area contributed by atoms with E-state index in [-0.39, 0.29) is 16.3 Å². The Bertz CT molecular complexity index is 1210. The predicted octanol–water partition coefficient (Wildman–Crippen LogP) is 0.976. The Morgan fingerprint density at radius 2 is 1.46 bits per heavy atom. The van der Waals surface area contributed by atoms with Crippen molar-refractivity contribution in [3.63, 3.8) is 0 Å². The predicted molar refractivity (Wildman–Crippen MR) is 96.7 cm³/mol. The van der Waals surface area contributed by atoms with Gasteiger partial charge in [-0.2, -0.15) is 0 Å². The molecule has 4 N–H and O–H groups in total. The number of carbonyl (C=O) groups excluding carboxylic acids is 1. The van der Waals surface area contributed by atoms with Gasteiger partial charge in [0.25, 0.3) is 10.0 Å². The lowest BCUT2D eigenvalue weighted by Gasteiger charge is -2.10. The Hall–Kier alpha value is -3.40. The minimum atomic E-state index is -3.92. The second-order valence-corrected chi connectivity index (χ2v) is 7.16. The molecule has 1 amide bonds. The topological polar surface area (TPSA) is 141 Å². The number of aromatic amines is 2. The average Bonchev–Trinajstić information content (AvgIpc) is 2.56. The van der Waals surface area contributed by atoms with Gasteiger partial charge in [0.1, 0.15) is 0 Å². The molecule has 0 radical (unpaired) electrons. The van der Waals surface area contributed by atoms with Crippen molar-refractivity contribution >= 4 is 38.3 Å². The summed E-state index contributed by atoms with van der Waals surface area (Å²) in [6.45, 7) is 1.37. The first-order chi connectivity index (χ1) is 12.2. The van der Waals surface area contributed by atoms with Crippen molar-refractivity contribution in [3.05, 3.63) is 63.2 Å². The van der Waals surface area contributed by atoms with Gasteiger partial charge in [0.2, 0.25) is 5.91 Å². The summed E-state index contributed by atoms with van der Waals surface area (Å²) in [6, 6.07) is 10.1. The lowest BCUT2D eigenvalue weighted by Crippen LogP contribution is -2.29. The Morgan fingerprint density at radius 1 is 0.885 bits per heavy atom. The van der Waals surface area contributed by atoms with Crippen molar-refractivity contribution in [1.82, 2.24) is 9.97 Å². The SMILES string of the molecule is CC(=O)Nc1ccc(NS(=O)(=O)c2ccc3[nH]c(=O)c(=O)[nH]c3c2)cc1. The summed E-state index contributed by atoms with van der Waals surface area (Å²) in [5, 5.41) is 2.58. The molecular weight excluding hydrogens is 360 g/mol. The molecule has 0 bridgehead atoms. The number of anilines is 2. The zero-order chi connectivity index (χ0) is 18.9. The third-order valence-electron chi connectivity index (χ3n) is 3.46. The second-order valence-electron chi connectivity index (χ2n) is 5.48. The number of amides is 1. The fraction of sp³-hybridized carbons (Fsp3) is 0.0625. The minimum absolute atomic E-state index is 0.0846. The smallest absolute Gasteiger partial charge is 0.314 e. The van der Waals surface area contributed by atoms with Crippen LogP contribution >= 0.6 is 0 Å². The zero-order valence-electron chi connectivity index (χ0n) is 13.5. The monoisotopic (exact) mass is 374 g/mol. The van der Waals surface area contributed by atoms with E-state index in [1.165, 1.54) is 37.3 Å². The van der Waals surface area contributed by atoms with Gasteiger partial charge in [-0.25, -0.2) is 8.42 Å². The third kappa shape index (κ3) is 3.64. The van der Waals surface area contributed by atoms with Crippen LogP contribution in [0.15, 0.2) is 56.9 Å². The normalized spacial score (nSPS) is 11.3. The molecule has 134 valence electrons. The maximum Gasteiger partial charge on any atom is 0.314 e. The van der Waals surface area contributed by atoms with E-state index in [0.717, 1.165) is 0 Å². The highest BCUT2D eigenvalue weighted by Gasteiger charge is 2.15. The molecule has 0 fully saturated rings. The van der Waals surface area contributed by atoms with Crippen LogP contribution in [0.5, 0.6) is 0 Å². The molecule has 0 unspecified atom stereocenters. The number of benzene rings is 2. The van der Waals surface area contributed by atoms with Gasteiger partial charge in [-0.15, -0.1) is 0 Å². The summed E-state index contributed by atoms with van der Waals surface area (Å²) >= 11 is 0. The van der Waals surface area contributed by atoms with Gasteiger partial charge in [0.15, 0.2) is 0 Å². The third-order valence-corrected chi connectivity index (χ3v) is 4.84. The number of hydrogen-bond donors (Lipinski definition) is 4. The molecule has 0 saturated carbocycles. The quantitative estimate of drug-likeness (QED) is 0.504. The molecule has 1 aromatic heterocycles. The average molecular weight is 374 g/mol. The zero-order valence-corrected chi connectivity index (χ0v) is 14.3. The number of nitrogens with one attached hydrogen (secondary N) is 4. The minimum Gasteiger partial charge on any atom is -0.326 e. The second kappa shape index (κ2) is 6.48. The van der Waals surface area contributed by atoms with E-state index in [4.69, 9.17) is 0 Å². The van der Waals surface area contributed by atoms with Crippen LogP contribution in [0, 0.1) is 0 Å². The molecule has 0 saturated heterocycles. The number of H-pyrrole nitrogens is 2. The maximum absolute atomic E-state index is 12.5. The Kier molecular flexibility index (Phi) is 4.34. The van der Waals surface area contributed by atoms with E-state index >= 15 is 0 Å². The van der Waals surface area contributed by atoms with Crippen molar-refractivity contribution in [3.8, 4) is 0 Å². The lowest BCUT2D eigenvalue weighted by molar-refractivity contribution is -0.114. The first-order valence-electron chi connectivity index (χ1n) is 7.41. The van der Waals surface area contributed by atoms with Crippen LogP contribution in [0.25, 0.3) is 11.0 Å². The van der Waals surface area contributed by atoms with Crippen LogP contribution in [0.1, 0.15) is 6.92 Å². The number of rotatable bonds is 4. The Labute approximate surface area is 147 Å². The van der Waals surface area contributed by atoms with E-state index in [9.17, 15) is 22.8 Å². The number of fused-ring (bicyclic) bond motifs is 1. The highest BCUT2D eigenvalue weighted by atomic mass is 32.2. The first-order valence-corrected chi connectivity index (χ1v) is 8.90. The Balaban J connectivity index is 1.91. The van der Waals surface area contributed by atoms with E-state index < -0.39 is 21.1 Å². The maximum atomic E-state index is 12.5. The molecule has 26 heavy (non-hydrogen) atoms. The van der Waals surface area contributed by atoms with Crippen LogP contribution in [0.3, 0.4) is 0 Å². The van der Waals surface area contributed by atoms with Crippen molar-refractivity contribution in [2.45, 2.75) is 11.8 Å².